The first-order valence-electron chi connectivity index (χ1n) is 8.49. The SMILES string of the molecule is CC(=O)Nc1cccc2c1CCN(C(=O)Nc1cccc(C(C)=O)c1)C2. The number of amides is 3. The third-order valence-corrected chi connectivity index (χ3v) is 4.38. The van der Waals surface area contributed by atoms with Crippen molar-refractivity contribution in [2.24, 2.45) is 0 Å². The fourth-order valence-corrected chi connectivity index (χ4v) is 3.11. The number of hydrogen-bond acceptors (Lipinski definition) is 3. The topological polar surface area (TPSA) is 78.5 Å². The van der Waals surface area contributed by atoms with E-state index >= 15 is 0 Å². The minimum Gasteiger partial charge on any atom is -0.326 e. The Morgan fingerprint density at radius 2 is 1.77 bits per heavy atom. The third-order valence-electron chi connectivity index (χ3n) is 4.38. The van der Waals surface area contributed by atoms with E-state index in [9.17, 15) is 14.4 Å². The van der Waals surface area contributed by atoms with E-state index in [2.05, 4.69) is 10.6 Å². The molecule has 0 fully saturated rings. The van der Waals surface area contributed by atoms with E-state index in [1.165, 1.54) is 13.8 Å². The Bertz CT molecular complexity index is 876. The highest BCUT2D eigenvalue weighted by atomic mass is 16.2. The quantitative estimate of drug-likeness (QED) is 0.832. The number of ketones is 1. The molecule has 6 heteroatoms. The molecule has 0 saturated heterocycles. The fourth-order valence-electron chi connectivity index (χ4n) is 3.11. The molecule has 0 saturated carbocycles. The molecule has 0 unspecified atom stereocenters. The van der Waals surface area contributed by atoms with Crippen LogP contribution in [-0.4, -0.2) is 29.2 Å². The summed E-state index contributed by atoms with van der Waals surface area (Å²) in [6.07, 6.45) is 0.673. The third kappa shape index (κ3) is 3.91. The molecule has 0 aliphatic carbocycles. The van der Waals surface area contributed by atoms with E-state index in [0.29, 0.717) is 30.8 Å². The van der Waals surface area contributed by atoms with E-state index < -0.39 is 0 Å². The highest BCUT2D eigenvalue weighted by molar-refractivity contribution is 5.97. The zero-order valence-corrected chi connectivity index (χ0v) is 14.8. The summed E-state index contributed by atoms with van der Waals surface area (Å²) in [5, 5.41) is 5.69. The first-order valence-corrected chi connectivity index (χ1v) is 8.49. The molecule has 2 aromatic carbocycles. The molecule has 0 aromatic heterocycles. The number of Topliss-reactive ketones (excluding diaryl/α,β-unsaturated/α-hetero) is 1. The van der Waals surface area contributed by atoms with Gasteiger partial charge in [-0.25, -0.2) is 4.79 Å². The van der Waals surface area contributed by atoms with E-state index in [-0.39, 0.29) is 17.7 Å². The summed E-state index contributed by atoms with van der Waals surface area (Å²) in [6, 6.07) is 12.4. The molecule has 1 aliphatic heterocycles. The maximum atomic E-state index is 12.6. The molecular formula is C20H21N3O3. The summed E-state index contributed by atoms with van der Waals surface area (Å²) >= 11 is 0. The monoisotopic (exact) mass is 351 g/mol. The molecule has 0 bridgehead atoms. The van der Waals surface area contributed by atoms with Gasteiger partial charge in [-0.1, -0.05) is 24.3 Å². The molecule has 1 aliphatic rings. The van der Waals surface area contributed by atoms with Gasteiger partial charge < -0.3 is 15.5 Å². The number of carbonyl (C=O) groups excluding carboxylic acids is 3. The number of carbonyl (C=O) groups is 3. The summed E-state index contributed by atoms with van der Waals surface area (Å²) in [5.41, 5.74) is 4.07. The number of nitrogens with one attached hydrogen (secondary N) is 2. The van der Waals surface area contributed by atoms with Crippen molar-refractivity contribution in [3.63, 3.8) is 0 Å². The van der Waals surface area contributed by atoms with Crippen molar-refractivity contribution in [2.75, 3.05) is 17.2 Å². The molecular weight excluding hydrogens is 330 g/mol. The van der Waals surface area contributed by atoms with Gasteiger partial charge in [-0.05, 0) is 42.7 Å². The molecule has 0 atom stereocenters. The van der Waals surface area contributed by atoms with Crippen molar-refractivity contribution in [3.05, 3.63) is 59.2 Å². The number of hydrogen-bond donors (Lipinski definition) is 2. The number of urea groups is 1. The summed E-state index contributed by atoms with van der Waals surface area (Å²) in [5.74, 6) is -0.151. The maximum Gasteiger partial charge on any atom is 0.322 e. The number of nitrogens with zero attached hydrogens (tertiary/aromatic N) is 1. The van der Waals surface area contributed by atoms with E-state index in [1.54, 1.807) is 29.2 Å². The lowest BCUT2D eigenvalue weighted by molar-refractivity contribution is -0.114. The zero-order valence-electron chi connectivity index (χ0n) is 14.8. The van der Waals surface area contributed by atoms with Gasteiger partial charge in [0.25, 0.3) is 0 Å². The van der Waals surface area contributed by atoms with Crippen LogP contribution in [0, 0.1) is 0 Å². The standard InChI is InChI=1S/C20H21N3O3/c1-13(24)15-5-3-7-17(11-15)22-20(26)23-10-9-18-16(12-23)6-4-8-19(18)21-14(2)25/h3-8,11H,9-10,12H2,1-2H3,(H,21,25)(H,22,26). The van der Waals surface area contributed by atoms with Crippen LogP contribution in [0.15, 0.2) is 42.5 Å². The molecule has 0 spiro atoms. The van der Waals surface area contributed by atoms with E-state index in [0.717, 1.165) is 16.8 Å². The summed E-state index contributed by atoms with van der Waals surface area (Å²) in [4.78, 5) is 37.1. The first-order chi connectivity index (χ1) is 12.4. The van der Waals surface area contributed by atoms with Gasteiger partial charge in [0, 0.05) is 37.0 Å². The van der Waals surface area contributed by atoms with Gasteiger partial charge in [-0.2, -0.15) is 0 Å². The van der Waals surface area contributed by atoms with E-state index in [1.807, 2.05) is 18.2 Å². The first kappa shape index (κ1) is 17.7. The highest BCUT2D eigenvalue weighted by Gasteiger charge is 2.22. The molecule has 0 radical (unpaired) electrons. The van der Waals surface area contributed by atoms with Gasteiger partial charge in [0.05, 0.1) is 0 Å². The molecule has 3 amide bonds. The minimum atomic E-state index is -0.207. The van der Waals surface area contributed by atoms with Crippen LogP contribution in [0.5, 0.6) is 0 Å². The van der Waals surface area contributed by atoms with Crippen LogP contribution in [0.2, 0.25) is 0 Å². The van der Waals surface area contributed by atoms with Gasteiger partial charge in [0.15, 0.2) is 5.78 Å². The van der Waals surface area contributed by atoms with Gasteiger partial charge in [-0.3, -0.25) is 9.59 Å². The molecule has 6 nitrogen and oxygen atoms in total. The Hall–Kier alpha value is -3.15. The average Bonchev–Trinajstić information content (AvgIpc) is 2.61. The van der Waals surface area contributed by atoms with Crippen LogP contribution >= 0.6 is 0 Å². The number of fused-ring (bicyclic) bond motifs is 1. The Balaban J connectivity index is 1.72. The predicted octanol–water partition coefficient (Wildman–Crippen LogP) is 3.44. The fraction of sp³-hybridized carbons (Fsp3) is 0.250. The Morgan fingerprint density at radius 3 is 2.50 bits per heavy atom. The van der Waals surface area contributed by atoms with Gasteiger partial charge in [0.1, 0.15) is 0 Å². The maximum absolute atomic E-state index is 12.6. The smallest absolute Gasteiger partial charge is 0.322 e. The van der Waals surface area contributed by atoms with Crippen molar-refractivity contribution >= 4 is 29.1 Å². The van der Waals surface area contributed by atoms with Gasteiger partial charge in [0.2, 0.25) is 5.91 Å². The average molecular weight is 351 g/mol. The largest absolute Gasteiger partial charge is 0.326 e. The van der Waals surface area contributed by atoms with Crippen LogP contribution in [0.3, 0.4) is 0 Å². The second-order valence-corrected chi connectivity index (χ2v) is 6.36. The minimum absolute atomic E-state index is 0.0431. The van der Waals surface area contributed by atoms with Crippen LogP contribution in [0.4, 0.5) is 16.2 Å². The number of rotatable bonds is 3. The molecule has 3 rings (SSSR count). The molecule has 2 aromatic rings. The predicted molar refractivity (Wildman–Crippen MR) is 100 cm³/mol. The molecule has 1 heterocycles. The Kier molecular flexibility index (Phi) is 5.02. The van der Waals surface area contributed by atoms with Crippen LogP contribution in [0.25, 0.3) is 0 Å². The number of anilines is 2. The van der Waals surface area contributed by atoms with Gasteiger partial charge in [-0.15, -0.1) is 0 Å². The van der Waals surface area contributed by atoms with Crippen molar-refractivity contribution in [3.8, 4) is 0 Å². The lowest BCUT2D eigenvalue weighted by Gasteiger charge is -2.30. The second kappa shape index (κ2) is 7.39. The molecule has 134 valence electrons. The second-order valence-electron chi connectivity index (χ2n) is 6.36. The normalized spacial score (nSPS) is 12.9. The summed E-state index contributed by atoms with van der Waals surface area (Å²) in [6.45, 7) is 4.01. The summed E-state index contributed by atoms with van der Waals surface area (Å²) in [7, 11) is 0. The lowest BCUT2D eigenvalue weighted by atomic mass is 9.98. The van der Waals surface area contributed by atoms with Crippen LogP contribution in [-0.2, 0) is 17.8 Å². The lowest BCUT2D eigenvalue weighted by Crippen LogP contribution is -2.39. The Labute approximate surface area is 152 Å². The van der Waals surface area contributed by atoms with Crippen molar-refractivity contribution < 1.29 is 14.4 Å². The van der Waals surface area contributed by atoms with E-state index in [4.69, 9.17) is 0 Å². The zero-order chi connectivity index (χ0) is 18.7. The Morgan fingerprint density at radius 1 is 1.00 bits per heavy atom. The van der Waals surface area contributed by atoms with Crippen molar-refractivity contribution in [2.45, 2.75) is 26.8 Å². The van der Waals surface area contributed by atoms with Gasteiger partial charge >= 0.3 is 6.03 Å². The summed E-state index contributed by atoms with van der Waals surface area (Å²) < 4.78 is 0. The molecule has 26 heavy (non-hydrogen) atoms. The van der Waals surface area contributed by atoms with Crippen molar-refractivity contribution in [1.29, 1.82) is 0 Å². The van der Waals surface area contributed by atoms with Crippen LogP contribution < -0.4 is 10.6 Å². The molecule has 2 N–H and O–H groups in total. The highest BCUT2D eigenvalue weighted by Crippen LogP contribution is 2.26. The van der Waals surface area contributed by atoms with Crippen molar-refractivity contribution in [1.82, 2.24) is 4.90 Å². The number of benzene rings is 2. The van der Waals surface area contributed by atoms with Crippen LogP contribution in [0.1, 0.15) is 35.3 Å².